The lowest BCUT2D eigenvalue weighted by atomic mass is 10.4. The zero-order valence-electron chi connectivity index (χ0n) is 8.71. The van der Waals surface area contributed by atoms with E-state index in [4.69, 9.17) is 5.11 Å². The molecule has 81 valence electrons. The fourth-order valence-corrected chi connectivity index (χ4v) is 0.288. The van der Waals surface area contributed by atoms with Crippen molar-refractivity contribution in [3.8, 4) is 0 Å². The highest BCUT2D eigenvalue weighted by atomic mass is 16.5. The molecule has 14 heavy (non-hydrogen) atoms. The molecule has 0 bridgehead atoms. The number of carboxylic acid groups (broad SMARTS) is 1. The number of aliphatic carboxylic acids is 1. The largest absolute Gasteiger partial charge is 0.481 e. The molecule has 0 amide bonds. The third-order valence-corrected chi connectivity index (χ3v) is 1.03. The second-order valence-electron chi connectivity index (χ2n) is 2.52. The number of hydrogen-bond donors (Lipinski definition) is 1. The molecule has 0 aromatic carbocycles. The van der Waals surface area contributed by atoms with Crippen molar-refractivity contribution < 1.29 is 19.4 Å². The van der Waals surface area contributed by atoms with Crippen molar-refractivity contribution in [2.45, 2.75) is 26.7 Å². The number of hydrogen-bond acceptors (Lipinski definition) is 3. The number of rotatable bonds is 4. The van der Waals surface area contributed by atoms with Crippen LogP contribution in [0.2, 0.25) is 0 Å². The van der Waals surface area contributed by atoms with Gasteiger partial charge in [0.15, 0.2) is 0 Å². The van der Waals surface area contributed by atoms with E-state index >= 15 is 0 Å². The Balaban J connectivity index is 0. The molecule has 0 aliphatic heterocycles. The third-order valence-electron chi connectivity index (χ3n) is 1.03. The monoisotopic (exact) mass is 201 g/mol. The van der Waals surface area contributed by atoms with Crippen molar-refractivity contribution in [1.82, 2.24) is 0 Å². The van der Waals surface area contributed by atoms with E-state index in [0.29, 0.717) is 18.6 Å². The van der Waals surface area contributed by atoms with Crippen LogP contribution in [0.5, 0.6) is 0 Å². The van der Waals surface area contributed by atoms with Gasteiger partial charge in [-0.1, -0.05) is 13.5 Å². The Morgan fingerprint density at radius 2 is 1.86 bits per heavy atom. The molecule has 4 heteroatoms. The quantitative estimate of drug-likeness (QED) is 0.556. The number of esters is 1. The Bertz CT molecular complexity index is 196. The molecule has 0 aliphatic carbocycles. The summed E-state index contributed by atoms with van der Waals surface area (Å²) < 4.78 is 4.65. The number of ether oxygens (including phenoxy) is 1. The lowest BCUT2D eigenvalue weighted by Gasteiger charge is -1.99. The Labute approximate surface area is 84.6 Å². The summed E-state index contributed by atoms with van der Waals surface area (Å²) in [6.07, 6.45) is 0.832. The second kappa shape index (κ2) is 9.77. The maximum Gasteiger partial charge on any atom is 0.333 e. The van der Waals surface area contributed by atoms with E-state index in [2.05, 4.69) is 18.2 Å². The molecule has 0 rings (SSSR count). The fourth-order valence-electron chi connectivity index (χ4n) is 0.288. The topological polar surface area (TPSA) is 63.6 Å². The van der Waals surface area contributed by atoms with Crippen LogP contribution in [0.25, 0.3) is 0 Å². The maximum atomic E-state index is 10.6. The predicted molar refractivity (Wildman–Crippen MR) is 53.7 cm³/mol. The maximum absolute atomic E-state index is 10.6. The van der Waals surface area contributed by atoms with E-state index in [0.717, 1.165) is 0 Å². The summed E-state index contributed by atoms with van der Waals surface area (Å²) in [4.78, 5) is 19.9. The van der Waals surface area contributed by atoms with Crippen LogP contribution in [0.1, 0.15) is 26.7 Å². The first-order valence-electron chi connectivity index (χ1n) is 4.29. The predicted octanol–water partition coefficient (Wildman–Crippen LogP) is 1.81. The van der Waals surface area contributed by atoms with Crippen LogP contribution in [-0.4, -0.2) is 23.7 Å². The van der Waals surface area contributed by atoms with E-state index in [1.54, 1.807) is 13.8 Å². The summed E-state index contributed by atoms with van der Waals surface area (Å²) in [5.41, 5.74) is 0.434. The van der Waals surface area contributed by atoms with Gasteiger partial charge in [0.25, 0.3) is 0 Å². The molecule has 0 saturated heterocycles. The van der Waals surface area contributed by atoms with E-state index in [1.807, 2.05) is 0 Å². The average molecular weight is 201 g/mol. The van der Waals surface area contributed by atoms with Crippen LogP contribution in [0.3, 0.4) is 0 Å². The van der Waals surface area contributed by atoms with Crippen LogP contribution < -0.4 is 0 Å². The first kappa shape index (κ1) is 15.2. The van der Waals surface area contributed by atoms with Gasteiger partial charge >= 0.3 is 11.9 Å². The van der Waals surface area contributed by atoms with Gasteiger partial charge in [-0.2, -0.15) is 0 Å². The first-order valence-corrected chi connectivity index (χ1v) is 4.29. The van der Waals surface area contributed by atoms with E-state index in [9.17, 15) is 9.59 Å². The molecule has 1 radical (unpaired) electrons. The van der Waals surface area contributed by atoms with Gasteiger partial charge < -0.3 is 9.84 Å². The standard InChI is InChI=1S/C7H11O2.C3H6O2/c1-4-5-9-7(8)6(2)3;1-2-3(4)5/h1-2,4-5H2,3H3;2H2,1H3,(H,4,5). The fraction of sp³-hybridized carbons (Fsp3) is 0.500. The molecule has 0 aromatic heterocycles. The highest BCUT2D eigenvalue weighted by Gasteiger charge is 1.99. The van der Waals surface area contributed by atoms with Gasteiger partial charge in [0.2, 0.25) is 0 Å². The summed E-state index contributed by atoms with van der Waals surface area (Å²) in [5.74, 6) is -1.08. The van der Waals surface area contributed by atoms with E-state index in [-0.39, 0.29) is 12.4 Å². The van der Waals surface area contributed by atoms with Crippen molar-refractivity contribution in [3.63, 3.8) is 0 Å². The van der Waals surface area contributed by atoms with Crippen LogP contribution in [0.4, 0.5) is 0 Å². The van der Waals surface area contributed by atoms with Gasteiger partial charge in [0, 0.05) is 12.0 Å². The summed E-state index contributed by atoms with van der Waals surface area (Å²) in [6.45, 7) is 10.5. The Morgan fingerprint density at radius 3 is 2.07 bits per heavy atom. The third kappa shape index (κ3) is 13.3. The smallest absolute Gasteiger partial charge is 0.333 e. The van der Waals surface area contributed by atoms with Crippen molar-refractivity contribution in [1.29, 1.82) is 0 Å². The van der Waals surface area contributed by atoms with Gasteiger partial charge in [-0.3, -0.25) is 4.79 Å². The number of carbonyl (C=O) groups excluding carboxylic acids is 1. The molecule has 0 spiro atoms. The average Bonchev–Trinajstić information content (AvgIpc) is 2.14. The molecule has 0 unspecified atom stereocenters. The molecule has 0 aliphatic rings. The van der Waals surface area contributed by atoms with Crippen molar-refractivity contribution in [2.24, 2.45) is 0 Å². The second-order valence-corrected chi connectivity index (χ2v) is 2.52. The molecular weight excluding hydrogens is 184 g/mol. The van der Waals surface area contributed by atoms with Gasteiger partial charge in [-0.05, 0) is 20.3 Å². The summed E-state index contributed by atoms with van der Waals surface area (Å²) in [7, 11) is 0. The van der Waals surface area contributed by atoms with Crippen LogP contribution >= 0.6 is 0 Å². The summed E-state index contributed by atoms with van der Waals surface area (Å²) >= 11 is 0. The minimum Gasteiger partial charge on any atom is -0.481 e. The van der Waals surface area contributed by atoms with Gasteiger partial charge in [-0.25, -0.2) is 4.79 Å². The molecule has 0 atom stereocenters. The normalized spacial score (nSPS) is 8.21. The zero-order valence-corrected chi connectivity index (χ0v) is 8.71. The van der Waals surface area contributed by atoms with Crippen molar-refractivity contribution >= 4 is 11.9 Å². The molecular formula is C10H17O4. The Kier molecular flexibility index (Phi) is 10.6. The van der Waals surface area contributed by atoms with Gasteiger partial charge in [-0.15, -0.1) is 0 Å². The molecule has 0 saturated carbocycles. The molecule has 0 aromatic rings. The van der Waals surface area contributed by atoms with Crippen molar-refractivity contribution in [3.05, 3.63) is 19.1 Å². The summed E-state index contributed by atoms with van der Waals surface area (Å²) in [5, 5.41) is 7.72. The molecule has 0 heterocycles. The Hall–Kier alpha value is -1.32. The van der Waals surface area contributed by atoms with Crippen LogP contribution in [-0.2, 0) is 14.3 Å². The lowest BCUT2D eigenvalue weighted by Crippen LogP contribution is -2.04. The molecule has 0 fully saturated rings. The molecule has 1 N–H and O–H groups in total. The SMILES string of the molecule is CCC(=O)O.[CH2]CCOC(=O)C(=C)C. The van der Waals surface area contributed by atoms with E-state index < -0.39 is 5.97 Å². The molecule has 4 nitrogen and oxygen atoms in total. The highest BCUT2D eigenvalue weighted by molar-refractivity contribution is 5.86. The Morgan fingerprint density at radius 1 is 1.43 bits per heavy atom. The number of carbonyl (C=O) groups is 2. The van der Waals surface area contributed by atoms with Crippen LogP contribution in [0, 0.1) is 6.92 Å². The van der Waals surface area contributed by atoms with Crippen molar-refractivity contribution in [2.75, 3.05) is 6.61 Å². The zero-order chi connectivity index (χ0) is 11.6. The minimum atomic E-state index is -0.745. The number of carboxylic acids is 1. The summed E-state index contributed by atoms with van der Waals surface area (Å²) in [6, 6.07) is 0. The first-order chi connectivity index (χ1) is 6.45. The van der Waals surface area contributed by atoms with Gasteiger partial charge in [0.05, 0.1) is 6.61 Å². The van der Waals surface area contributed by atoms with E-state index in [1.165, 1.54) is 0 Å². The minimum absolute atomic E-state index is 0.222. The highest BCUT2D eigenvalue weighted by Crippen LogP contribution is 1.91. The van der Waals surface area contributed by atoms with Gasteiger partial charge in [0.1, 0.15) is 0 Å². The lowest BCUT2D eigenvalue weighted by molar-refractivity contribution is -0.139. The van der Waals surface area contributed by atoms with Crippen LogP contribution in [0.15, 0.2) is 12.2 Å².